The van der Waals surface area contributed by atoms with Gasteiger partial charge < -0.3 is 10.6 Å². The lowest BCUT2D eigenvalue weighted by molar-refractivity contribution is -0.131. The number of amides is 1. The van der Waals surface area contributed by atoms with Crippen LogP contribution in [-0.2, 0) is 17.6 Å². The van der Waals surface area contributed by atoms with Gasteiger partial charge in [-0.2, -0.15) is 0 Å². The van der Waals surface area contributed by atoms with Gasteiger partial charge in [0.1, 0.15) is 11.6 Å². The molecule has 0 heterocycles. The second-order valence-electron chi connectivity index (χ2n) is 5.64. The van der Waals surface area contributed by atoms with E-state index in [1.807, 2.05) is 30.3 Å². The van der Waals surface area contributed by atoms with Gasteiger partial charge in [-0.1, -0.05) is 30.3 Å². The molecule has 2 rings (SSSR count). The van der Waals surface area contributed by atoms with E-state index in [2.05, 4.69) is 0 Å². The first-order valence-corrected chi connectivity index (χ1v) is 8.06. The van der Waals surface area contributed by atoms with Crippen LogP contribution in [0.25, 0.3) is 0 Å². The van der Waals surface area contributed by atoms with Crippen molar-refractivity contribution in [1.82, 2.24) is 4.90 Å². The monoisotopic (exact) mass is 368 g/mol. The van der Waals surface area contributed by atoms with Crippen molar-refractivity contribution in [1.29, 1.82) is 0 Å². The molecule has 0 saturated carbocycles. The Labute approximate surface area is 153 Å². The highest BCUT2D eigenvalue weighted by molar-refractivity contribution is 5.85. The molecular formula is C19H23ClF2N2O. The van der Waals surface area contributed by atoms with Crippen molar-refractivity contribution in [3.63, 3.8) is 0 Å². The summed E-state index contributed by atoms with van der Waals surface area (Å²) in [4.78, 5) is 14.1. The van der Waals surface area contributed by atoms with Gasteiger partial charge >= 0.3 is 0 Å². The van der Waals surface area contributed by atoms with E-state index in [0.29, 0.717) is 19.6 Å². The zero-order chi connectivity index (χ0) is 17.4. The maximum Gasteiger partial charge on any atom is 0.222 e. The van der Waals surface area contributed by atoms with Gasteiger partial charge in [-0.25, -0.2) is 8.78 Å². The van der Waals surface area contributed by atoms with Crippen LogP contribution in [-0.4, -0.2) is 30.4 Å². The fourth-order valence-corrected chi connectivity index (χ4v) is 2.56. The molecule has 0 spiro atoms. The van der Waals surface area contributed by atoms with Crippen molar-refractivity contribution in [2.75, 3.05) is 19.6 Å². The molecule has 0 fully saturated rings. The van der Waals surface area contributed by atoms with Crippen molar-refractivity contribution < 1.29 is 13.6 Å². The molecule has 2 aromatic rings. The van der Waals surface area contributed by atoms with E-state index in [4.69, 9.17) is 5.73 Å². The molecule has 2 aromatic carbocycles. The number of halogens is 3. The Morgan fingerprint density at radius 3 is 2.40 bits per heavy atom. The summed E-state index contributed by atoms with van der Waals surface area (Å²) < 4.78 is 26.8. The second-order valence-corrected chi connectivity index (χ2v) is 5.64. The van der Waals surface area contributed by atoms with E-state index in [-0.39, 0.29) is 36.7 Å². The van der Waals surface area contributed by atoms with Gasteiger partial charge in [0.15, 0.2) is 0 Å². The zero-order valence-corrected chi connectivity index (χ0v) is 14.8. The van der Waals surface area contributed by atoms with Gasteiger partial charge in [0.2, 0.25) is 5.91 Å². The highest BCUT2D eigenvalue weighted by Crippen LogP contribution is 2.13. The normalized spacial score (nSPS) is 10.2. The van der Waals surface area contributed by atoms with E-state index < -0.39 is 11.6 Å². The van der Waals surface area contributed by atoms with Crippen LogP contribution in [0.2, 0.25) is 0 Å². The van der Waals surface area contributed by atoms with Crippen molar-refractivity contribution in [3.8, 4) is 0 Å². The molecule has 6 heteroatoms. The summed E-state index contributed by atoms with van der Waals surface area (Å²) in [5.41, 5.74) is 6.95. The highest BCUT2D eigenvalue weighted by Gasteiger charge is 2.14. The van der Waals surface area contributed by atoms with Crippen LogP contribution < -0.4 is 5.73 Å². The molecule has 0 aliphatic rings. The molecule has 0 aliphatic carbocycles. The van der Waals surface area contributed by atoms with Crippen molar-refractivity contribution in [2.45, 2.75) is 19.3 Å². The van der Waals surface area contributed by atoms with Gasteiger partial charge in [-0.15, -0.1) is 12.4 Å². The largest absolute Gasteiger partial charge is 0.341 e. The molecule has 2 N–H and O–H groups in total. The smallest absolute Gasteiger partial charge is 0.222 e. The Morgan fingerprint density at radius 2 is 1.72 bits per heavy atom. The maximum absolute atomic E-state index is 13.6. The third-order valence-electron chi connectivity index (χ3n) is 3.88. The number of aryl methyl sites for hydroxylation is 1. The third kappa shape index (κ3) is 6.80. The third-order valence-corrected chi connectivity index (χ3v) is 3.88. The van der Waals surface area contributed by atoms with Crippen LogP contribution in [0.3, 0.4) is 0 Å². The molecule has 0 bridgehead atoms. The first kappa shape index (κ1) is 21.1. The molecule has 0 atom stereocenters. The summed E-state index contributed by atoms with van der Waals surface area (Å²) in [6, 6.07) is 13.2. The van der Waals surface area contributed by atoms with E-state index >= 15 is 0 Å². The summed E-state index contributed by atoms with van der Waals surface area (Å²) >= 11 is 0. The zero-order valence-electron chi connectivity index (χ0n) is 14.0. The Balaban J connectivity index is 0.00000312. The Hall–Kier alpha value is -1.98. The fraction of sp³-hybridized carbons (Fsp3) is 0.316. The van der Waals surface area contributed by atoms with E-state index in [1.54, 1.807) is 4.90 Å². The topological polar surface area (TPSA) is 46.3 Å². The quantitative estimate of drug-likeness (QED) is 0.776. The molecule has 0 aromatic heterocycles. The lowest BCUT2D eigenvalue weighted by Crippen LogP contribution is -2.37. The fourth-order valence-electron chi connectivity index (χ4n) is 2.56. The lowest BCUT2D eigenvalue weighted by Gasteiger charge is -2.22. The van der Waals surface area contributed by atoms with Gasteiger partial charge in [-0.05, 0) is 42.2 Å². The Morgan fingerprint density at radius 1 is 1.00 bits per heavy atom. The molecule has 3 nitrogen and oxygen atoms in total. The second kappa shape index (κ2) is 10.8. The van der Waals surface area contributed by atoms with Gasteiger partial charge in [0, 0.05) is 26.1 Å². The van der Waals surface area contributed by atoms with Crippen LogP contribution in [0.5, 0.6) is 0 Å². The molecule has 136 valence electrons. The van der Waals surface area contributed by atoms with Crippen LogP contribution >= 0.6 is 12.4 Å². The van der Waals surface area contributed by atoms with E-state index in [1.165, 1.54) is 0 Å². The molecule has 0 saturated heterocycles. The number of carbonyl (C=O) groups is 1. The van der Waals surface area contributed by atoms with Crippen LogP contribution in [0.4, 0.5) is 8.78 Å². The SMILES string of the molecule is Cl.NCCN(CCc1ccccc1)C(=O)CCc1cc(F)ccc1F. The Kier molecular flexibility index (Phi) is 9.10. The van der Waals surface area contributed by atoms with Gasteiger partial charge in [-0.3, -0.25) is 4.79 Å². The number of hydrogen-bond acceptors (Lipinski definition) is 2. The maximum atomic E-state index is 13.6. The minimum atomic E-state index is -0.498. The molecular weight excluding hydrogens is 346 g/mol. The standard InChI is InChI=1S/C19H22F2N2O.ClH/c20-17-7-8-18(21)16(14-17)6-9-19(24)23(13-11-22)12-10-15-4-2-1-3-5-15;/h1-5,7-8,14H,6,9-13,22H2;1H. The number of nitrogens with zero attached hydrogens (tertiary/aromatic N) is 1. The number of carbonyl (C=O) groups excluding carboxylic acids is 1. The predicted octanol–water partition coefficient (Wildman–Crippen LogP) is 3.35. The summed E-state index contributed by atoms with van der Waals surface area (Å²) in [6.45, 7) is 1.39. The summed E-state index contributed by atoms with van der Waals surface area (Å²) in [6.07, 6.45) is 1.05. The van der Waals surface area contributed by atoms with Gasteiger partial charge in [0.05, 0.1) is 0 Å². The minimum Gasteiger partial charge on any atom is -0.341 e. The van der Waals surface area contributed by atoms with Crippen molar-refractivity contribution in [2.24, 2.45) is 5.73 Å². The number of rotatable bonds is 8. The van der Waals surface area contributed by atoms with E-state index in [9.17, 15) is 13.6 Å². The molecule has 0 radical (unpaired) electrons. The molecule has 1 amide bonds. The van der Waals surface area contributed by atoms with Crippen LogP contribution in [0.1, 0.15) is 17.5 Å². The summed E-state index contributed by atoms with van der Waals surface area (Å²) in [5.74, 6) is -1.08. The minimum absolute atomic E-state index is 0. The Bertz CT molecular complexity index is 668. The average Bonchev–Trinajstić information content (AvgIpc) is 2.60. The van der Waals surface area contributed by atoms with Crippen molar-refractivity contribution >= 4 is 18.3 Å². The number of benzene rings is 2. The first-order chi connectivity index (χ1) is 11.6. The number of hydrogen-bond donors (Lipinski definition) is 1. The average molecular weight is 369 g/mol. The highest BCUT2D eigenvalue weighted by atomic mass is 35.5. The van der Waals surface area contributed by atoms with E-state index in [0.717, 1.165) is 30.2 Å². The summed E-state index contributed by atoms with van der Waals surface area (Å²) in [5, 5.41) is 0. The molecule has 25 heavy (non-hydrogen) atoms. The predicted molar refractivity (Wildman–Crippen MR) is 97.7 cm³/mol. The van der Waals surface area contributed by atoms with Gasteiger partial charge in [0.25, 0.3) is 0 Å². The van der Waals surface area contributed by atoms with Crippen LogP contribution in [0.15, 0.2) is 48.5 Å². The number of nitrogens with two attached hydrogens (primary N) is 1. The summed E-state index contributed by atoms with van der Waals surface area (Å²) in [7, 11) is 0. The van der Waals surface area contributed by atoms with Crippen molar-refractivity contribution in [3.05, 3.63) is 71.3 Å². The first-order valence-electron chi connectivity index (χ1n) is 8.06. The molecule has 0 unspecified atom stereocenters. The molecule has 0 aliphatic heterocycles. The van der Waals surface area contributed by atoms with Crippen LogP contribution in [0, 0.1) is 11.6 Å². The lowest BCUT2D eigenvalue weighted by atomic mass is 10.1.